The molecule has 10 nitrogen and oxygen atoms in total. The van der Waals surface area contributed by atoms with Crippen LogP contribution in [-0.4, -0.2) is 58.4 Å². The van der Waals surface area contributed by atoms with E-state index in [0.29, 0.717) is 36.4 Å². The number of aromatic nitrogens is 2. The first-order valence-corrected chi connectivity index (χ1v) is 12.9. The summed E-state index contributed by atoms with van der Waals surface area (Å²) in [5.41, 5.74) is 8.75. The highest BCUT2D eigenvalue weighted by Gasteiger charge is 2.28. The summed E-state index contributed by atoms with van der Waals surface area (Å²) in [5.74, 6) is 0.997. The molecule has 11 heteroatoms. The van der Waals surface area contributed by atoms with Gasteiger partial charge in [0, 0.05) is 37.1 Å². The topological polar surface area (TPSA) is 126 Å². The molecule has 1 fully saturated rings. The average Bonchev–Trinajstić information content (AvgIpc) is 3.38. The number of ether oxygens (including phenoxy) is 1. The number of primary amides is 1. The van der Waals surface area contributed by atoms with Gasteiger partial charge >= 0.3 is 6.03 Å². The number of fused-ring (bicyclic) bond motifs is 1. The van der Waals surface area contributed by atoms with Crippen LogP contribution < -0.4 is 21.1 Å². The van der Waals surface area contributed by atoms with Crippen molar-refractivity contribution < 1.29 is 14.3 Å². The van der Waals surface area contributed by atoms with Gasteiger partial charge in [0.2, 0.25) is 17.7 Å². The molecule has 1 aliphatic heterocycles. The van der Waals surface area contributed by atoms with Crippen LogP contribution in [0.3, 0.4) is 0 Å². The van der Waals surface area contributed by atoms with E-state index in [4.69, 9.17) is 10.5 Å². The zero-order valence-electron chi connectivity index (χ0n) is 20.8. The fraction of sp³-hybridized carbons (Fsp3) is 0.185. The smallest absolute Gasteiger partial charge is 0.315 e. The van der Waals surface area contributed by atoms with Crippen LogP contribution in [0.15, 0.2) is 72.6 Å². The standard InChI is InChI=1S/C27H27N7O3S/c1-3-23(35)29-19-5-4-6-20(15-19)37-25-24-21(11-14-38-24)31-27(32-25)30-18-9-7-17(8-10-18)22-16-33(2)12-13-34(22)26(28)36/h3-11,14-15,22H,1,12-13,16H2,2H3,(H2,28,36)(H,29,35)(H,30,31,32). The van der Waals surface area contributed by atoms with Crippen LogP contribution >= 0.6 is 11.3 Å². The molecule has 4 aromatic rings. The Hall–Kier alpha value is -4.48. The van der Waals surface area contributed by atoms with Gasteiger partial charge in [0.05, 0.1) is 11.6 Å². The van der Waals surface area contributed by atoms with Crippen molar-refractivity contribution in [1.29, 1.82) is 0 Å². The number of carbonyl (C=O) groups excluding carboxylic acids is 2. The van der Waals surface area contributed by atoms with Crippen molar-refractivity contribution in [3.8, 4) is 11.6 Å². The maximum atomic E-state index is 11.9. The van der Waals surface area contributed by atoms with Crippen molar-refractivity contribution in [1.82, 2.24) is 19.8 Å². The number of nitrogens with one attached hydrogen (secondary N) is 2. The highest BCUT2D eigenvalue weighted by molar-refractivity contribution is 7.17. The summed E-state index contributed by atoms with van der Waals surface area (Å²) in [6, 6.07) is 16.2. The molecule has 0 bridgehead atoms. The number of benzene rings is 2. The van der Waals surface area contributed by atoms with Crippen LogP contribution in [0.1, 0.15) is 11.6 Å². The van der Waals surface area contributed by atoms with Crippen LogP contribution in [-0.2, 0) is 4.79 Å². The predicted octanol–water partition coefficient (Wildman–Crippen LogP) is 4.72. The number of amides is 3. The Kier molecular flexibility index (Phi) is 7.20. The molecule has 0 aliphatic carbocycles. The lowest BCUT2D eigenvalue weighted by molar-refractivity contribution is -0.111. The van der Waals surface area contributed by atoms with Gasteiger partial charge in [-0.3, -0.25) is 4.79 Å². The molecular formula is C27H27N7O3S. The Balaban J connectivity index is 1.36. The first kappa shape index (κ1) is 25.2. The third-order valence-corrected chi connectivity index (χ3v) is 7.08. The van der Waals surface area contributed by atoms with E-state index in [1.807, 2.05) is 42.8 Å². The number of anilines is 3. The first-order valence-electron chi connectivity index (χ1n) is 12.0. The van der Waals surface area contributed by atoms with Crippen LogP contribution in [0, 0.1) is 0 Å². The highest BCUT2D eigenvalue weighted by Crippen LogP contribution is 2.34. The van der Waals surface area contributed by atoms with Crippen molar-refractivity contribution >= 4 is 50.8 Å². The Bertz CT molecular complexity index is 1490. The molecule has 1 saturated heterocycles. The molecule has 2 aromatic carbocycles. The van der Waals surface area contributed by atoms with E-state index >= 15 is 0 Å². The van der Waals surface area contributed by atoms with Gasteiger partial charge in [-0.1, -0.05) is 24.8 Å². The van der Waals surface area contributed by atoms with E-state index in [2.05, 4.69) is 32.1 Å². The minimum Gasteiger partial charge on any atom is -0.437 e. The van der Waals surface area contributed by atoms with Crippen LogP contribution in [0.2, 0.25) is 0 Å². The Morgan fingerprint density at radius 3 is 2.71 bits per heavy atom. The SMILES string of the molecule is C=CC(=O)Nc1cccc(Oc2nc(Nc3ccc(C4CN(C)CCN4C(N)=O)cc3)nc3ccsc23)c1. The van der Waals surface area contributed by atoms with Gasteiger partial charge in [-0.15, -0.1) is 11.3 Å². The van der Waals surface area contributed by atoms with Crippen molar-refractivity contribution in [3.63, 3.8) is 0 Å². The monoisotopic (exact) mass is 529 g/mol. The lowest BCUT2D eigenvalue weighted by atomic mass is 10.0. The van der Waals surface area contributed by atoms with Gasteiger partial charge in [-0.2, -0.15) is 4.98 Å². The quantitative estimate of drug-likeness (QED) is 0.296. The number of nitrogens with zero attached hydrogens (tertiary/aromatic N) is 4. The molecule has 3 amide bonds. The fourth-order valence-electron chi connectivity index (χ4n) is 4.29. The Morgan fingerprint density at radius 2 is 1.95 bits per heavy atom. The summed E-state index contributed by atoms with van der Waals surface area (Å²) in [7, 11) is 2.03. The molecule has 38 heavy (non-hydrogen) atoms. The molecule has 0 saturated carbocycles. The van der Waals surface area contributed by atoms with Gasteiger partial charge in [0.25, 0.3) is 0 Å². The molecule has 3 heterocycles. The van der Waals surface area contributed by atoms with E-state index in [-0.39, 0.29) is 11.9 Å². The van der Waals surface area contributed by atoms with E-state index < -0.39 is 6.03 Å². The van der Waals surface area contributed by atoms with Gasteiger partial charge in [-0.25, -0.2) is 9.78 Å². The number of likely N-dealkylation sites (N-methyl/N-ethyl adjacent to an activating group) is 1. The molecule has 5 rings (SSSR count). The second-order valence-electron chi connectivity index (χ2n) is 8.87. The molecule has 1 atom stereocenters. The van der Waals surface area contributed by atoms with E-state index in [1.165, 1.54) is 17.4 Å². The molecule has 194 valence electrons. The number of urea groups is 1. The lowest BCUT2D eigenvalue weighted by Gasteiger charge is -2.39. The summed E-state index contributed by atoms with van der Waals surface area (Å²) in [6.45, 7) is 5.57. The minimum atomic E-state index is -0.413. The first-order chi connectivity index (χ1) is 18.4. The number of thiophene rings is 1. The van der Waals surface area contributed by atoms with Gasteiger partial charge in [0.1, 0.15) is 10.4 Å². The largest absolute Gasteiger partial charge is 0.437 e. The molecule has 0 spiro atoms. The number of hydrogen-bond acceptors (Lipinski definition) is 8. The van der Waals surface area contributed by atoms with Crippen molar-refractivity contribution in [2.24, 2.45) is 5.73 Å². The van der Waals surface area contributed by atoms with Gasteiger partial charge < -0.3 is 30.9 Å². The summed E-state index contributed by atoms with van der Waals surface area (Å²) in [4.78, 5) is 36.7. The van der Waals surface area contributed by atoms with Crippen LogP contribution in [0.4, 0.5) is 22.1 Å². The van der Waals surface area contributed by atoms with Crippen molar-refractivity contribution in [3.05, 3.63) is 78.2 Å². The molecular weight excluding hydrogens is 502 g/mol. The number of piperazine rings is 1. The molecule has 1 unspecified atom stereocenters. The minimum absolute atomic E-state index is 0.106. The number of nitrogens with two attached hydrogens (primary N) is 1. The van der Waals surface area contributed by atoms with Gasteiger partial charge in [-0.05, 0) is 54.4 Å². The number of hydrogen-bond donors (Lipinski definition) is 3. The molecule has 4 N–H and O–H groups in total. The summed E-state index contributed by atoms with van der Waals surface area (Å²) in [6.07, 6.45) is 1.21. The second kappa shape index (κ2) is 10.9. The molecule has 2 aromatic heterocycles. The summed E-state index contributed by atoms with van der Waals surface area (Å²) >= 11 is 1.48. The number of carbonyl (C=O) groups is 2. The summed E-state index contributed by atoms with van der Waals surface area (Å²) in [5, 5.41) is 7.90. The predicted molar refractivity (Wildman–Crippen MR) is 149 cm³/mol. The lowest BCUT2D eigenvalue weighted by Crippen LogP contribution is -2.51. The van der Waals surface area contributed by atoms with E-state index in [0.717, 1.165) is 28.0 Å². The number of rotatable bonds is 7. The zero-order valence-corrected chi connectivity index (χ0v) is 21.6. The third-order valence-electron chi connectivity index (χ3n) is 6.19. The fourth-order valence-corrected chi connectivity index (χ4v) is 5.05. The maximum absolute atomic E-state index is 11.9. The van der Waals surface area contributed by atoms with E-state index in [1.54, 1.807) is 29.2 Å². The average molecular weight is 530 g/mol. The van der Waals surface area contributed by atoms with Crippen LogP contribution in [0.5, 0.6) is 11.6 Å². The third kappa shape index (κ3) is 5.58. The second-order valence-corrected chi connectivity index (χ2v) is 9.78. The van der Waals surface area contributed by atoms with Gasteiger partial charge in [0.15, 0.2) is 0 Å². The van der Waals surface area contributed by atoms with Crippen molar-refractivity contribution in [2.75, 3.05) is 37.3 Å². The highest BCUT2D eigenvalue weighted by atomic mass is 32.1. The zero-order chi connectivity index (χ0) is 26.6. The Morgan fingerprint density at radius 1 is 1.13 bits per heavy atom. The molecule has 0 radical (unpaired) electrons. The normalized spacial score (nSPS) is 15.7. The summed E-state index contributed by atoms with van der Waals surface area (Å²) < 4.78 is 6.92. The Labute approximate surface area is 223 Å². The van der Waals surface area contributed by atoms with E-state index in [9.17, 15) is 9.59 Å². The molecule has 1 aliphatic rings. The van der Waals surface area contributed by atoms with Crippen LogP contribution in [0.25, 0.3) is 10.2 Å². The maximum Gasteiger partial charge on any atom is 0.315 e. The van der Waals surface area contributed by atoms with Crippen molar-refractivity contribution in [2.45, 2.75) is 6.04 Å².